The molecule has 0 aromatic rings. The van der Waals surface area contributed by atoms with Gasteiger partial charge in [-0.1, -0.05) is 164 Å². The van der Waals surface area contributed by atoms with Gasteiger partial charge < -0.3 is 23.8 Å². The Bertz CT molecular complexity index is 1120. The van der Waals surface area contributed by atoms with Gasteiger partial charge >= 0.3 is 17.9 Å². The van der Waals surface area contributed by atoms with Crippen molar-refractivity contribution in [1.29, 1.82) is 0 Å². The molecule has 2 atom stereocenters. The Morgan fingerprint density at radius 1 is 0.544 bits per heavy atom. The maximum Gasteiger partial charge on any atom is 0.362 e. The van der Waals surface area contributed by atoms with Crippen molar-refractivity contribution in [2.24, 2.45) is 0 Å². The monoisotopic (exact) mass is 801 g/mol. The predicted molar refractivity (Wildman–Crippen MR) is 238 cm³/mol. The fraction of sp³-hybridized carbons (Fsp3) is 0.735. The van der Waals surface area contributed by atoms with E-state index in [-0.39, 0.29) is 36.2 Å². The molecule has 2 unspecified atom stereocenters. The highest BCUT2D eigenvalue weighted by Crippen LogP contribution is 2.14. The van der Waals surface area contributed by atoms with Gasteiger partial charge in [-0.15, -0.1) is 0 Å². The predicted octanol–water partition coefficient (Wildman–Crippen LogP) is 12.6. The largest absolute Gasteiger partial charge is 0.477 e. The number of allylic oxidation sites excluding steroid dienone is 10. The normalized spacial score (nSPS) is 13.5. The Morgan fingerprint density at radius 3 is 1.51 bits per heavy atom. The quantitative estimate of drug-likeness (QED) is 0.0217. The van der Waals surface area contributed by atoms with E-state index in [0.717, 1.165) is 77.0 Å². The van der Waals surface area contributed by atoms with Gasteiger partial charge in [0, 0.05) is 19.3 Å². The molecule has 1 N–H and O–H groups in total. The first-order valence-electron chi connectivity index (χ1n) is 22.9. The summed E-state index contributed by atoms with van der Waals surface area (Å²) in [6, 6.07) is -0.622. The van der Waals surface area contributed by atoms with Crippen molar-refractivity contribution in [1.82, 2.24) is 0 Å². The van der Waals surface area contributed by atoms with Crippen molar-refractivity contribution >= 4 is 17.9 Å². The fourth-order valence-corrected chi connectivity index (χ4v) is 6.45. The molecule has 0 rings (SSSR count). The summed E-state index contributed by atoms with van der Waals surface area (Å²) < 4.78 is 17.3. The van der Waals surface area contributed by atoms with Crippen LogP contribution in [0.3, 0.4) is 0 Å². The number of carboxylic acids is 1. The number of carboxylic acid groups (broad SMARTS) is 1. The summed E-state index contributed by atoms with van der Waals surface area (Å²) in [5, 5.41) is 9.62. The molecule has 328 valence electrons. The van der Waals surface area contributed by atoms with Crippen molar-refractivity contribution in [3.8, 4) is 0 Å². The second kappa shape index (κ2) is 39.8. The first-order chi connectivity index (χ1) is 27.6. The number of ether oxygens (including phenoxy) is 3. The first kappa shape index (κ1) is 54.0. The third-order valence-corrected chi connectivity index (χ3v) is 10.00. The molecule has 0 saturated carbocycles. The number of esters is 2. The minimum Gasteiger partial charge on any atom is -0.477 e. The average Bonchev–Trinajstić information content (AvgIpc) is 3.17. The Labute approximate surface area is 349 Å². The third kappa shape index (κ3) is 38.3. The van der Waals surface area contributed by atoms with E-state index in [9.17, 15) is 19.5 Å². The summed E-state index contributed by atoms with van der Waals surface area (Å²) in [5.41, 5.74) is 0. The van der Waals surface area contributed by atoms with Crippen LogP contribution in [0.15, 0.2) is 60.8 Å². The molecule has 0 aromatic heterocycles. The van der Waals surface area contributed by atoms with Crippen LogP contribution in [0.5, 0.6) is 0 Å². The van der Waals surface area contributed by atoms with Crippen LogP contribution in [0.1, 0.15) is 181 Å². The van der Waals surface area contributed by atoms with Crippen molar-refractivity contribution in [3.63, 3.8) is 0 Å². The number of hydrogen-bond donors (Lipinski definition) is 1. The minimum atomic E-state index is -0.882. The number of aliphatic carboxylic acids is 1. The van der Waals surface area contributed by atoms with Crippen molar-refractivity contribution in [2.45, 2.75) is 193 Å². The molecule has 8 nitrogen and oxygen atoms in total. The standard InChI is InChI=1S/C49H85NO7/c1-6-8-10-12-14-16-18-20-22-23-24-26-27-29-31-33-35-37-39-47(51)56-44-45(43-55-42-41-46(49(53)54)50(3,4)5)57-48(52)40-38-36-34-32-30-28-25-21-19-17-15-13-11-9-7-2/h9,11,13,15,17,19,21,24-26,45-46H,6-8,10,12,14,16,18,20,22-23,27-44H2,1-5H3/p+1/b11-9+,15-13+,19-17+,25-21+,26-24+. The molecule has 0 aliphatic carbocycles. The zero-order chi connectivity index (χ0) is 42.1. The molecule has 0 fully saturated rings. The van der Waals surface area contributed by atoms with Gasteiger partial charge in [0.15, 0.2) is 12.1 Å². The third-order valence-electron chi connectivity index (χ3n) is 10.00. The van der Waals surface area contributed by atoms with Gasteiger partial charge in [0.1, 0.15) is 6.61 Å². The molecule has 0 radical (unpaired) electrons. The highest BCUT2D eigenvalue weighted by molar-refractivity contribution is 5.72. The Morgan fingerprint density at radius 2 is 1.00 bits per heavy atom. The first-order valence-corrected chi connectivity index (χ1v) is 22.9. The summed E-state index contributed by atoms with van der Waals surface area (Å²) in [4.78, 5) is 37.0. The van der Waals surface area contributed by atoms with Crippen LogP contribution in [0.2, 0.25) is 0 Å². The molecule has 0 bridgehead atoms. The van der Waals surface area contributed by atoms with E-state index in [1.165, 1.54) is 70.6 Å². The molecular formula is C49H86NO7+. The Kier molecular flexibility index (Phi) is 37.8. The number of unbranched alkanes of at least 4 members (excludes halogenated alkanes) is 19. The maximum atomic E-state index is 12.7. The SMILES string of the molecule is CC/C=C/C=C/C=C/C=C/CCCCCCCC(=O)OC(COCCC(C(=O)O)[N+](C)(C)C)COC(=O)CCCCCCC/C=C/CCCCCCCCCCC. The van der Waals surface area contributed by atoms with Gasteiger partial charge in [-0.3, -0.25) is 9.59 Å². The molecule has 0 heterocycles. The number of carbonyl (C=O) groups excluding carboxylic acids is 2. The molecule has 0 spiro atoms. The van der Waals surface area contributed by atoms with Crippen LogP contribution >= 0.6 is 0 Å². The topological polar surface area (TPSA) is 99.1 Å². The van der Waals surface area contributed by atoms with Crippen LogP contribution < -0.4 is 0 Å². The minimum absolute atomic E-state index is 0.0467. The van der Waals surface area contributed by atoms with Gasteiger partial charge in [-0.05, 0) is 57.8 Å². The maximum absolute atomic E-state index is 12.7. The number of hydrogen-bond acceptors (Lipinski definition) is 6. The van der Waals surface area contributed by atoms with Crippen molar-refractivity contribution < 1.29 is 38.2 Å². The van der Waals surface area contributed by atoms with Gasteiger partial charge in [0.05, 0.1) is 34.4 Å². The van der Waals surface area contributed by atoms with E-state index in [4.69, 9.17) is 14.2 Å². The Hall–Kier alpha value is -2.97. The molecule has 0 aliphatic rings. The molecular weight excluding hydrogens is 715 g/mol. The highest BCUT2D eigenvalue weighted by atomic mass is 16.6. The number of nitrogens with zero attached hydrogens (tertiary/aromatic N) is 1. The lowest BCUT2D eigenvalue weighted by Crippen LogP contribution is -2.50. The van der Waals surface area contributed by atoms with Crippen molar-refractivity contribution in [3.05, 3.63) is 60.8 Å². The molecule has 8 heteroatoms. The summed E-state index contributed by atoms with van der Waals surface area (Å²) >= 11 is 0. The fourth-order valence-electron chi connectivity index (χ4n) is 6.45. The number of carbonyl (C=O) groups is 3. The average molecular weight is 801 g/mol. The summed E-state index contributed by atoms with van der Waals surface area (Å²) in [6.45, 7) is 4.56. The Balaban J connectivity index is 4.36. The second-order valence-corrected chi connectivity index (χ2v) is 16.4. The van der Waals surface area contributed by atoms with Crippen LogP contribution in [0.4, 0.5) is 0 Å². The van der Waals surface area contributed by atoms with Crippen LogP contribution in [0, 0.1) is 0 Å². The molecule has 57 heavy (non-hydrogen) atoms. The van der Waals surface area contributed by atoms with Gasteiger partial charge in [0.25, 0.3) is 0 Å². The number of rotatable bonds is 40. The van der Waals surface area contributed by atoms with Crippen LogP contribution in [-0.4, -0.2) is 80.6 Å². The van der Waals surface area contributed by atoms with E-state index >= 15 is 0 Å². The van der Waals surface area contributed by atoms with Crippen LogP contribution in [0.25, 0.3) is 0 Å². The zero-order valence-electron chi connectivity index (χ0n) is 37.3. The highest BCUT2D eigenvalue weighted by Gasteiger charge is 2.31. The van der Waals surface area contributed by atoms with Gasteiger partial charge in [-0.25, -0.2) is 4.79 Å². The van der Waals surface area contributed by atoms with E-state index in [0.29, 0.717) is 19.3 Å². The smallest absolute Gasteiger partial charge is 0.362 e. The molecule has 0 amide bonds. The van der Waals surface area contributed by atoms with E-state index < -0.39 is 18.1 Å². The van der Waals surface area contributed by atoms with Crippen LogP contribution in [-0.2, 0) is 28.6 Å². The molecule has 0 saturated heterocycles. The lowest BCUT2D eigenvalue weighted by atomic mass is 10.1. The summed E-state index contributed by atoms with van der Waals surface area (Å²) in [6.07, 6.45) is 48.3. The van der Waals surface area contributed by atoms with Crippen molar-refractivity contribution in [2.75, 3.05) is 41.0 Å². The molecule has 0 aliphatic heterocycles. The van der Waals surface area contributed by atoms with E-state index in [1.54, 1.807) is 0 Å². The van der Waals surface area contributed by atoms with Gasteiger partial charge in [0.2, 0.25) is 0 Å². The lowest BCUT2D eigenvalue weighted by Gasteiger charge is -2.31. The van der Waals surface area contributed by atoms with Gasteiger partial charge in [-0.2, -0.15) is 0 Å². The zero-order valence-corrected chi connectivity index (χ0v) is 37.3. The summed E-state index contributed by atoms with van der Waals surface area (Å²) in [5.74, 6) is -1.51. The van der Waals surface area contributed by atoms with E-state index in [2.05, 4.69) is 50.3 Å². The second-order valence-electron chi connectivity index (χ2n) is 16.4. The summed E-state index contributed by atoms with van der Waals surface area (Å²) in [7, 11) is 5.51. The lowest BCUT2D eigenvalue weighted by molar-refractivity contribution is -0.887. The number of likely N-dealkylation sites (N-methyl/N-ethyl adjacent to an activating group) is 1. The molecule has 0 aromatic carbocycles. The number of quaternary nitrogens is 1. The van der Waals surface area contributed by atoms with E-state index in [1.807, 2.05) is 45.4 Å².